The van der Waals surface area contributed by atoms with Crippen LogP contribution in [0.4, 0.5) is 5.69 Å². The maximum absolute atomic E-state index is 11.5. The predicted molar refractivity (Wildman–Crippen MR) is 71.0 cm³/mol. The van der Waals surface area contributed by atoms with Gasteiger partial charge in [0.2, 0.25) is 5.91 Å². The van der Waals surface area contributed by atoms with E-state index in [4.69, 9.17) is 16.7 Å². The van der Waals surface area contributed by atoms with E-state index in [0.29, 0.717) is 5.69 Å². The van der Waals surface area contributed by atoms with E-state index in [1.807, 2.05) is 6.92 Å². The maximum atomic E-state index is 11.5. The van der Waals surface area contributed by atoms with Crippen molar-refractivity contribution in [1.29, 1.82) is 0 Å². The summed E-state index contributed by atoms with van der Waals surface area (Å²) in [7, 11) is 0. The van der Waals surface area contributed by atoms with Crippen LogP contribution in [0.1, 0.15) is 17.3 Å². The normalized spacial score (nSPS) is 11.0. The van der Waals surface area contributed by atoms with Crippen molar-refractivity contribution in [2.24, 2.45) is 0 Å². The van der Waals surface area contributed by atoms with E-state index in [-0.39, 0.29) is 16.5 Å². The largest absolute Gasteiger partial charge is 0.478 e. The lowest BCUT2D eigenvalue weighted by Crippen LogP contribution is -2.08. The Morgan fingerprint density at radius 2 is 2.00 bits per heavy atom. The van der Waals surface area contributed by atoms with Gasteiger partial charge in [0, 0.05) is 16.8 Å². The third kappa shape index (κ3) is 4.43. The number of benzene rings is 1. The molecule has 0 heterocycles. The zero-order valence-electron chi connectivity index (χ0n) is 9.68. The second-order valence-electron chi connectivity index (χ2n) is 3.41. The van der Waals surface area contributed by atoms with Gasteiger partial charge < -0.3 is 10.4 Å². The molecule has 0 aromatic heterocycles. The number of carboxylic acids is 1. The highest BCUT2D eigenvalue weighted by atomic mass is 35.5. The summed E-state index contributed by atoms with van der Waals surface area (Å²) >= 11 is 5.76. The first kappa shape index (κ1) is 14.0. The van der Waals surface area contributed by atoms with E-state index >= 15 is 0 Å². The molecule has 0 spiro atoms. The van der Waals surface area contributed by atoms with E-state index in [1.54, 1.807) is 18.2 Å². The van der Waals surface area contributed by atoms with Crippen LogP contribution in [0.2, 0.25) is 5.02 Å². The molecule has 0 radical (unpaired) electrons. The number of allylic oxidation sites excluding steroid dienone is 3. The molecule has 0 saturated carbocycles. The smallest absolute Gasteiger partial charge is 0.335 e. The minimum Gasteiger partial charge on any atom is -0.478 e. The van der Waals surface area contributed by atoms with Gasteiger partial charge in [0.25, 0.3) is 0 Å². The van der Waals surface area contributed by atoms with Crippen molar-refractivity contribution in [3.63, 3.8) is 0 Å². The minimum absolute atomic E-state index is 0.0234. The van der Waals surface area contributed by atoms with Crippen LogP contribution in [0.5, 0.6) is 0 Å². The molecule has 0 unspecified atom stereocenters. The molecule has 0 aliphatic heterocycles. The van der Waals surface area contributed by atoms with Crippen LogP contribution in [-0.2, 0) is 4.79 Å². The van der Waals surface area contributed by atoms with Gasteiger partial charge in [-0.1, -0.05) is 29.8 Å². The molecule has 1 aromatic rings. The van der Waals surface area contributed by atoms with E-state index < -0.39 is 5.97 Å². The number of nitrogens with one attached hydrogen (secondary N) is 1. The van der Waals surface area contributed by atoms with Gasteiger partial charge in [0.15, 0.2) is 0 Å². The zero-order chi connectivity index (χ0) is 13.5. The number of carbonyl (C=O) groups excluding carboxylic acids is 1. The van der Waals surface area contributed by atoms with Gasteiger partial charge in [0.1, 0.15) is 0 Å². The summed E-state index contributed by atoms with van der Waals surface area (Å²) in [6.07, 6.45) is 6.41. The molecule has 4 nitrogen and oxygen atoms in total. The highest BCUT2D eigenvalue weighted by molar-refractivity contribution is 6.31. The first-order valence-electron chi connectivity index (χ1n) is 5.17. The Morgan fingerprint density at radius 3 is 2.61 bits per heavy atom. The standard InChI is InChI=1S/C13H12ClNO3/c1-2-3-4-5-12(16)15-11-7-9(13(17)18)6-10(14)8-11/h2-8H,1H3,(H,15,16)(H,17,18)/b3-2+,5-4?. The van der Waals surface area contributed by atoms with Crippen molar-refractivity contribution in [3.05, 3.63) is 53.1 Å². The van der Waals surface area contributed by atoms with Gasteiger partial charge in [-0.2, -0.15) is 0 Å². The van der Waals surface area contributed by atoms with E-state index in [1.165, 1.54) is 24.3 Å². The predicted octanol–water partition coefficient (Wildman–Crippen LogP) is 3.11. The summed E-state index contributed by atoms with van der Waals surface area (Å²) in [5.74, 6) is -1.45. The molecule has 0 atom stereocenters. The Kier molecular flexibility index (Phi) is 5.14. The number of hydrogen-bond acceptors (Lipinski definition) is 2. The SMILES string of the molecule is C/C=C/C=CC(=O)Nc1cc(Cl)cc(C(=O)O)c1. The Bertz CT molecular complexity index is 521. The second kappa shape index (κ2) is 6.61. The number of carbonyl (C=O) groups is 2. The number of hydrogen-bond donors (Lipinski definition) is 2. The average Bonchev–Trinajstić information content (AvgIpc) is 2.28. The van der Waals surface area contributed by atoms with Crippen molar-refractivity contribution in [1.82, 2.24) is 0 Å². The third-order valence-electron chi connectivity index (χ3n) is 1.96. The Hall–Kier alpha value is -2.07. The lowest BCUT2D eigenvalue weighted by atomic mass is 10.2. The van der Waals surface area contributed by atoms with E-state index in [9.17, 15) is 9.59 Å². The summed E-state index contributed by atoms with van der Waals surface area (Å²) in [5, 5.41) is 11.6. The van der Waals surface area contributed by atoms with Crippen LogP contribution >= 0.6 is 11.6 Å². The molecule has 5 heteroatoms. The third-order valence-corrected chi connectivity index (χ3v) is 2.18. The first-order chi connectivity index (χ1) is 8.52. The lowest BCUT2D eigenvalue weighted by Gasteiger charge is -2.04. The minimum atomic E-state index is -1.10. The molecule has 0 bridgehead atoms. The molecular weight excluding hydrogens is 254 g/mol. The van der Waals surface area contributed by atoms with Gasteiger partial charge in [-0.3, -0.25) is 4.79 Å². The second-order valence-corrected chi connectivity index (χ2v) is 3.84. The highest BCUT2D eigenvalue weighted by Gasteiger charge is 2.07. The van der Waals surface area contributed by atoms with Gasteiger partial charge in [-0.05, 0) is 25.1 Å². The fourth-order valence-corrected chi connectivity index (χ4v) is 1.46. The molecule has 0 aliphatic carbocycles. The summed E-state index contributed by atoms with van der Waals surface area (Å²) in [4.78, 5) is 22.3. The summed E-state index contributed by atoms with van der Waals surface area (Å²) in [5.41, 5.74) is 0.366. The van der Waals surface area contributed by atoms with Crippen molar-refractivity contribution in [2.45, 2.75) is 6.92 Å². The van der Waals surface area contributed by atoms with Crippen LogP contribution in [0, 0.1) is 0 Å². The number of amides is 1. The van der Waals surface area contributed by atoms with Gasteiger partial charge in [0.05, 0.1) is 5.56 Å². The van der Waals surface area contributed by atoms with Gasteiger partial charge in [-0.25, -0.2) is 4.79 Å². The van der Waals surface area contributed by atoms with Crippen LogP contribution in [0.3, 0.4) is 0 Å². The lowest BCUT2D eigenvalue weighted by molar-refractivity contribution is -0.111. The molecular formula is C13H12ClNO3. The van der Waals surface area contributed by atoms with Gasteiger partial charge in [-0.15, -0.1) is 0 Å². The fraction of sp³-hybridized carbons (Fsp3) is 0.0769. The van der Waals surface area contributed by atoms with E-state index in [2.05, 4.69) is 5.32 Å². The quantitative estimate of drug-likeness (QED) is 0.649. The zero-order valence-corrected chi connectivity index (χ0v) is 10.4. The van der Waals surface area contributed by atoms with Crippen molar-refractivity contribution < 1.29 is 14.7 Å². The number of carboxylic acid groups (broad SMARTS) is 1. The maximum Gasteiger partial charge on any atom is 0.335 e. The molecule has 2 N–H and O–H groups in total. The molecule has 1 aromatic carbocycles. The molecule has 0 fully saturated rings. The van der Waals surface area contributed by atoms with Crippen molar-refractivity contribution in [2.75, 3.05) is 5.32 Å². The van der Waals surface area contributed by atoms with Crippen LogP contribution < -0.4 is 5.32 Å². The van der Waals surface area contributed by atoms with Crippen LogP contribution in [0.25, 0.3) is 0 Å². The Balaban J connectivity index is 2.84. The highest BCUT2D eigenvalue weighted by Crippen LogP contribution is 2.19. The summed E-state index contributed by atoms with van der Waals surface area (Å²) in [6, 6.07) is 4.14. The van der Waals surface area contributed by atoms with Crippen molar-refractivity contribution in [3.8, 4) is 0 Å². The molecule has 18 heavy (non-hydrogen) atoms. The van der Waals surface area contributed by atoms with Crippen molar-refractivity contribution >= 4 is 29.2 Å². The average molecular weight is 266 g/mol. The summed E-state index contributed by atoms with van der Waals surface area (Å²) in [6.45, 7) is 1.83. The number of aromatic carboxylic acids is 1. The molecule has 0 saturated heterocycles. The monoisotopic (exact) mass is 265 g/mol. The molecule has 0 aliphatic rings. The number of rotatable bonds is 4. The molecule has 1 rings (SSSR count). The topological polar surface area (TPSA) is 66.4 Å². The molecule has 94 valence electrons. The Morgan fingerprint density at radius 1 is 1.28 bits per heavy atom. The number of anilines is 1. The van der Waals surface area contributed by atoms with Crippen LogP contribution in [-0.4, -0.2) is 17.0 Å². The first-order valence-corrected chi connectivity index (χ1v) is 5.55. The number of halogens is 1. The Labute approximate surface area is 110 Å². The van der Waals surface area contributed by atoms with Crippen LogP contribution in [0.15, 0.2) is 42.5 Å². The van der Waals surface area contributed by atoms with E-state index in [0.717, 1.165) is 0 Å². The van der Waals surface area contributed by atoms with Gasteiger partial charge >= 0.3 is 5.97 Å². The summed E-state index contributed by atoms with van der Waals surface area (Å²) < 4.78 is 0. The molecule has 1 amide bonds. The fourth-order valence-electron chi connectivity index (χ4n) is 1.22.